The first-order valence-electron chi connectivity index (χ1n) is 9.44. The Bertz CT molecular complexity index is 902. The zero-order valence-corrected chi connectivity index (χ0v) is 16.9. The maximum absolute atomic E-state index is 12.7. The van der Waals surface area contributed by atoms with Gasteiger partial charge in [-0.1, -0.05) is 5.92 Å². The zero-order valence-electron chi connectivity index (χ0n) is 16.1. The van der Waals surface area contributed by atoms with Gasteiger partial charge in [-0.05, 0) is 18.6 Å². The van der Waals surface area contributed by atoms with Crippen molar-refractivity contribution in [3.63, 3.8) is 0 Å². The topological polar surface area (TPSA) is 104 Å². The van der Waals surface area contributed by atoms with Gasteiger partial charge in [-0.15, -0.1) is 6.42 Å². The van der Waals surface area contributed by atoms with E-state index in [9.17, 15) is 23.3 Å². The van der Waals surface area contributed by atoms with Gasteiger partial charge in [0.15, 0.2) is 9.84 Å². The van der Waals surface area contributed by atoms with E-state index in [-0.39, 0.29) is 42.2 Å². The number of nitro groups is 1. The summed E-state index contributed by atoms with van der Waals surface area (Å²) >= 11 is 0. The summed E-state index contributed by atoms with van der Waals surface area (Å²) in [6, 6.07) is 6.16. The molecule has 0 spiro atoms. The van der Waals surface area contributed by atoms with Crippen LogP contribution in [0, 0.1) is 22.5 Å². The molecule has 0 N–H and O–H groups in total. The number of rotatable bonds is 6. The molecule has 0 radical (unpaired) electrons. The monoisotopic (exact) mass is 420 g/mol. The largest absolute Gasteiger partial charge is 0.368 e. The van der Waals surface area contributed by atoms with E-state index in [0.717, 1.165) is 5.69 Å². The van der Waals surface area contributed by atoms with E-state index in [1.54, 1.807) is 21.9 Å². The molecule has 0 aliphatic carbocycles. The molecular weight excluding hydrogens is 396 g/mol. The summed E-state index contributed by atoms with van der Waals surface area (Å²) in [5, 5.41) is 10.8. The van der Waals surface area contributed by atoms with Gasteiger partial charge in [-0.25, -0.2) is 8.42 Å². The molecule has 1 unspecified atom stereocenters. The number of hydrogen-bond donors (Lipinski definition) is 0. The Morgan fingerprint density at radius 3 is 2.41 bits per heavy atom. The second-order valence-electron chi connectivity index (χ2n) is 7.31. The van der Waals surface area contributed by atoms with E-state index >= 15 is 0 Å². The van der Waals surface area contributed by atoms with Crippen molar-refractivity contribution >= 4 is 27.1 Å². The van der Waals surface area contributed by atoms with Gasteiger partial charge >= 0.3 is 0 Å². The van der Waals surface area contributed by atoms with Gasteiger partial charge < -0.3 is 9.80 Å². The minimum absolute atomic E-state index is 0.0464. The van der Waals surface area contributed by atoms with Crippen molar-refractivity contribution in [2.24, 2.45) is 0 Å². The molecule has 3 rings (SSSR count). The fourth-order valence-electron chi connectivity index (χ4n) is 3.77. The molecule has 2 heterocycles. The van der Waals surface area contributed by atoms with Crippen LogP contribution in [0.4, 0.5) is 11.4 Å². The molecule has 156 valence electrons. The number of nitro benzene ring substituents is 1. The van der Waals surface area contributed by atoms with Crippen LogP contribution in [-0.4, -0.2) is 85.9 Å². The molecule has 2 aliphatic heterocycles. The molecule has 1 amide bonds. The highest BCUT2D eigenvalue weighted by molar-refractivity contribution is 7.91. The number of sulfone groups is 1. The number of nitrogens with zero attached hydrogens (tertiary/aromatic N) is 4. The molecule has 10 heteroatoms. The summed E-state index contributed by atoms with van der Waals surface area (Å²) in [5.74, 6) is 2.65. The summed E-state index contributed by atoms with van der Waals surface area (Å²) in [4.78, 5) is 28.7. The van der Waals surface area contributed by atoms with Crippen molar-refractivity contribution < 1.29 is 18.1 Å². The maximum Gasteiger partial charge on any atom is 0.269 e. The Balaban J connectivity index is 1.55. The van der Waals surface area contributed by atoms with E-state index in [1.165, 1.54) is 12.1 Å². The molecule has 1 aromatic carbocycles. The lowest BCUT2D eigenvalue weighted by Crippen LogP contribution is -2.52. The van der Waals surface area contributed by atoms with Crippen LogP contribution in [0.15, 0.2) is 24.3 Å². The van der Waals surface area contributed by atoms with Crippen LogP contribution in [0.5, 0.6) is 0 Å². The van der Waals surface area contributed by atoms with Gasteiger partial charge in [-0.2, -0.15) is 0 Å². The quantitative estimate of drug-likeness (QED) is 0.372. The predicted octanol–water partition coefficient (Wildman–Crippen LogP) is 0.366. The van der Waals surface area contributed by atoms with Crippen molar-refractivity contribution in [2.75, 3.05) is 55.7 Å². The van der Waals surface area contributed by atoms with Crippen molar-refractivity contribution in [3.8, 4) is 12.3 Å². The van der Waals surface area contributed by atoms with Crippen LogP contribution >= 0.6 is 0 Å². The number of carbonyl (C=O) groups is 1. The lowest BCUT2D eigenvalue weighted by molar-refractivity contribution is -0.384. The fourth-order valence-corrected chi connectivity index (χ4v) is 5.53. The summed E-state index contributed by atoms with van der Waals surface area (Å²) in [6.45, 7) is 2.66. The normalized spacial score (nSPS) is 21.2. The summed E-state index contributed by atoms with van der Waals surface area (Å²) in [5.41, 5.74) is 0.929. The lowest BCUT2D eigenvalue weighted by Gasteiger charge is -2.37. The van der Waals surface area contributed by atoms with Crippen molar-refractivity contribution in [2.45, 2.75) is 12.5 Å². The number of anilines is 1. The van der Waals surface area contributed by atoms with Gasteiger partial charge in [-0.3, -0.25) is 19.8 Å². The smallest absolute Gasteiger partial charge is 0.269 e. The first-order chi connectivity index (χ1) is 13.8. The first kappa shape index (κ1) is 21.1. The third kappa shape index (κ3) is 5.25. The van der Waals surface area contributed by atoms with E-state index in [2.05, 4.69) is 10.8 Å². The van der Waals surface area contributed by atoms with Crippen molar-refractivity contribution in [1.29, 1.82) is 0 Å². The number of amides is 1. The van der Waals surface area contributed by atoms with Crippen LogP contribution in [-0.2, 0) is 14.6 Å². The number of hydrogen-bond acceptors (Lipinski definition) is 7. The molecular formula is C19H24N4O5S. The molecule has 0 bridgehead atoms. The van der Waals surface area contributed by atoms with Gasteiger partial charge in [0.2, 0.25) is 5.91 Å². The van der Waals surface area contributed by atoms with Crippen LogP contribution < -0.4 is 4.90 Å². The fraction of sp³-hybridized carbons (Fsp3) is 0.526. The van der Waals surface area contributed by atoms with Gasteiger partial charge in [0, 0.05) is 50.0 Å². The third-order valence-corrected chi connectivity index (χ3v) is 7.17. The summed E-state index contributed by atoms with van der Waals surface area (Å²) < 4.78 is 23.5. The average molecular weight is 420 g/mol. The molecule has 2 aliphatic rings. The first-order valence-corrected chi connectivity index (χ1v) is 11.3. The number of terminal acetylenes is 1. The molecule has 29 heavy (non-hydrogen) atoms. The van der Waals surface area contributed by atoms with Crippen molar-refractivity contribution in [3.05, 3.63) is 34.4 Å². The van der Waals surface area contributed by atoms with E-state index in [4.69, 9.17) is 6.42 Å². The Morgan fingerprint density at radius 2 is 1.90 bits per heavy atom. The minimum atomic E-state index is -3.05. The standard InChI is InChI=1S/C19H24N4O5S/c1-2-8-22(18-7-13-29(27,28)15-18)14-19(24)21-11-9-20(10-12-21)16-3-5-17(6-4-16)23(25)26/h1,3-6,18H,7-15H2. The molecule has 1 aromatic rings. The number of non-ortho nitro benzene ring substituents is 1. The van der Waals surface area contributed by atoms with Gasteiger partial charge in [0.1, 0.15) is 0 Å². The molecule has 9 nitrogen and oxygen atoms in total. The van der Waals surface area contributed by atoms with Crippen LogP contribution in [0.25, 0.3) is 0 Å². The lowest BCUT2D eigenvalue weighted by atomic mass is 10.2. The van der Waals surface area contributed by atoms with E-state index in [1.807, 2.05) is 0 Å². The molecule has 2 fully saturated rings. The molecule has 1 atom stereocenters. The Labute approximate surface area is 170 Å². The number of benzene rings is 1. The van der Waals surface area contributed by atoms with Gasteiger partial charge in [0.25, 0.3) is 5.69 Å². The Morgan fingerprint density at radius 1 is 1.24 bits per heavy atom. The zero-order chi connectivity index (χ0) is 21.0. The summed E-state index contributed by atoms with van der Waals surface area (Å²) in [7, 11) is -3.05. The number of piperazine rings is 1. The van der Waals surface area contributed by atoms with E-state index in [0.29, 0.717) is 32.6 Å². The third-order valence-electron chi connectivity index (χ3n) is 5.42. The molecule has 0 saturated carbocycles. The highest BCUT2D eigenvalue weighted by atomic mass is 32.2. The minimum Gasteiger partial charge on any atom is -0.368 e. The van der Waals surface area contributed by atoms with Crippen LogP contribution in [0.3, 0.4) is 0 Å². The highest BCUT2D eigenvalue weighted by Crippen LogP contribution is 2.21. The SMILES string of the molecule is C#CCN(CC(=O)N1CCN(c2ccc([N+](=O)[O-])cc2)CC1)C1CCS(=O)(=O)C1. The molecule has 2 saturated heterocycles. The van der Waals surface area contributed by atoms with E-state index < -0.39 is 14.8 Å². The molecule has 0 aromatic heterocycles. The van der Waals surface area contributed by atoms with Crippen LogP contribution in [0.1, 0.15) is 6.42 Å². The maximum atomic E-state index is 12.7. The van der Waals surface area contributed by atoms with Crippen molar-refractivity contribution in [1.82, 2.24) is 9.80 Å². The average Bonchev–Trinajstić information content (AvgIpc) is 3.07. The van der Waals surface area contributed by atoms with Gasteiger partial charge in [0.05, 0.1) is 29.5 Å². The second kappa shape index (κ2) is 8.80. The predicted molar refractivity (Wildman–Crippen MR) is 109 cm³/mol. The number of carbonyl (C=O) groups excluding carboxylic acids is 1. The second-order valence-corrected chi connectivity index (χ2v) is 9.54. The Hall–Kier alpha value is -2.64. The van der Waals surface area contributed by atoms with Crippen LogP contribution in [0.2, 0.25) is 0 Å². The highest BCUT2D eigenvalue weighted by Gasteiger charge is 2.33. The Kier molecular flexibility index (Phi) is 6.39. The summed E-state index contributed by atoms with van der Waals surface area (Å²) in [6.07, 6.45) is 5.92.